The minimum absolute atomic E-state index is 0.0343. The Morgan fingerprint density at radius 2 is 2.06 bits per heavy atom. The van der Waals surface area contributed by atoms with Gasteiger partial charge >= 0.3 is 5.97 Å². The van der Waals surface area contributed by atoms with Crippen LogP contribution in [0, 0.1) is 11.8 Å². The lowest BCUT2D eigenvalue weighted by Crippen LogP contribution is -2.72. The van der Waals surface area contributed by atoms with Gasteiger partial charge in [-0.1, -0.05) is 13.3 Å². The summed E-state index contributed by atoms with van der Waals surface area (Å²) in [6.07, 6.45) is 3.33. The summed E-state index contributed by atoms with van der Waals surface area (Å²) >= 11 is 0. The Balaban J connectivity index is 1.80. The highest BCUT2D eigenvalue weighted by Gasteiger charge is 2.67. The number of phenols is 1. The molecule has 9 nitrogen and oxygen atoms in total. The standard InChI is InChI=1S/C24H34N2O7/c1-6-14-12-26-8-7-23(29)21-18(9-15(27)10-19(21)31-3)25-24(23,33-5)20(26)11-16(14)17(13-30-2)22(28)32-4/h9-10,13-14,16,20,25,27,29H,6-8,11-12H2,1-5H3/b17-13+/t14-,16+,20+,23+,24+/m1/s1. The number of carbonyl (C=O) groups is 1. The third kappa shape index (κ3) is 3.36. The summed E-state index contributed by atoms with van der Waals surface area (Å²) in [5, 5.41) is 25.8. The van der Waals surface area contributed by atoms with Crippen molar-refractivity contribution in [1.82, 2.24) is 4.90 Å². The van der Waals surface area contributed by atoms with Gasteiger partial charge in [-0.25, -0.2) is 4.79 Å². The molecule has 33 heavy (non-hydrogen) atoms. The molecule has 2 fully saturated rings. The number of nitrogens with zero attached hydrogens (tertiary/aromatic N) is 1. The number of piperidine rings is 2. The summed E-state index contributed by atoms with van der Waals surface area (Å²) < 4.78 is 22.0. The molecule has 3 aliphatic rings. The molecule has 0 radical (unpaired) electrons. The van der Waals surface area contributed by atoms with Crippen LogP contribution in [-0.2, 0) is 24.6 Å². The molecule has 0 aromatic heterocycles. The predicted molar refractivity (Wildman–Crippen MR) is 121 cm³/mol. The lowest BCUT2D eigenvalue weighted by atomic mass is 9.67. The highest BCUT2D eigenvalue weighted by atomic mass is 16.5. The van der Waals surface area contributed by atoms with Gasteiger partial charge in [0.2, 0.25) is 0 Å². The molecule has 1 aromatic rings. The maximum atomic E-state index is 12.6. The van der Waals surface area contributed by atoms with Gasteiger partial charge < -0.3 is 34.5 Å². The topological polar surface area (TPSA) is 110 Å². The molecule has 3 heterocycles. The molecule has 0 amide bonds. The van der Waals surface area contributed by atoms with Crippen LogP contribution in [0.5, 0.6) is 11.5 Å². The van der Waals surface area contributed by atoms with E-state index in [0.29, 0.717) is 42.0 Å². The van der Waals surface area contributed by atoms with E-state index >= 15 is 0 Å². The second kappa shape index (κ2) is 8.70. The van der Waals surface area contributed by atoms with E-state index in [1.807, 2.05) is 0 Å². The van der Waals surface area contributed by atoms with Gasteiger partial charge in [-0.2, -0.15) is 0 Å². The number of hydrogen-bond donors (Lipinski definition) is 3. The summed E-state index contributed by atoms with van der Waals surface area (Å²) in [5.41, 5.74) is -0.943. The van der Waals surface area contributed by atoms with Crippen LogP contribution in [0.25, 0.3) is 0 Å². The third-order valence-electron chi connectivity index (χ3n) is 7.75. The smallest absolute Gasteiger partial charge is 0.337 e. The highest BCUT2D eigenvalue weighted by Crippen LogP contribution is 2.59. The number of esters is 1. The van der Waals surface area contributed by atoms with Gasteiger partial charge in [0.1, 0.15) is 17.1 Å². The molecule has 4 rings (SSSR count). The average molecular weight is 463 g/mol. The number of carbonyl (C=O) groups excluding carboxylic acids is 1. The number of nitrogens with one attached hydrogen (secondary N) is 1. The van der Waals surface area contributed by atoms with Gasteiger partial charge in [0.15, 0.2) is 5.72 Å². The largest absolute Gasteiger partial charge is 0.508 e. The van der Waals surface area contributed by atoms with Gasteiger partial charge in [-0.05, 0) is 24.7 Å². The Bertz CT molecular complexity index is 951. The zero-order valence-corrected chi connectivity index (χ0v) is 19.9. The minimum atomic E-state index is -1.39. The average Bonchev–Trinajstić information content (AvgIpc) is 3.09. The van der Waals surface area contributed by atoms with Crippen molar-refractivity contribution >= 4 is 11.7 Å². The fraction of sp³-hybridized carbons (Fsp3) is 0.625. The van der Waals surface area contributed by atoms with Crippen molar-refractivity contribution in [3.05, 3.63) is 29.5 Å². The number of rotatable bonds is 6. The maximum absolute atomic E-state index is 12.6. The SMILES string of the molecule is CC[C@@H]1CN2CC[C@]3(O)c4c(cc(O)cc4OC)N[C@]3(OC)[C@@H]2C[C@@H]1/C(=C\OC)C(=O)OC. The van der Waals surface area contributed by atoms with Crippen molar-refractivity contribution < 1.29 is 34.0 Å². The maximum Gasteiger partial charge on any atom is 0.337 e. The molecule has 0 bridgehead atoms. The number of hydrogen-bond acceptors (Lipinski definition) is 9. The Kier molecular flexibility index (Phi) is 6.24. The Morgan fingerprint density at radius 3 is 2.67 bits per heavy atom. The van der Waals surface area contributed by atoms with Gasteiger partial charge in [0.05, 0.1) is 50.5 Å². The van der Waals surface area contributed by atoms with Gasteiger partial charge in [-0.3, -0.25) is 4.90 Å². The summed E-state index contributed by atoms with van der Waals surface area (Å²) in [7, 11) is 5.97. The molecular formula is C24H34N2O7. The number of anilines is 1. The first-order valence-corrected chi connectivity index (χ1v) is 11.3. The van der Waals surface area contributed by atoms with Gasteiger partial charge in [0, 0.05) is 32.3 Å². The molecule has 5 atom stereocenters. The predicted octanol–water partition coefficient (Wildman–Crippen LogP) is 2.18. The normalized spacial score (nSPS) is 33.4. The van der Waals surface area contributed by atoms with E-state index in [2.05, 4.69) is 17.1 Å². The summed E-state index contributed by atoms with van der Waals surface area (Å²) in [4.78, 5) is 15.0. The van der Waals surface area contributed by atoms with Crippen molar-refractivity contribution in [3.63, 3.8) is 0 Å². The van der Waals surface area contributed by atoms with Gasteiger partial charge in [-0.15, -0.1) is 0 Å². The van der Waals surface area contributed by atoms with E-state index in [1.165, 1.54) is 33.7 Å². The molecule has 0 unspecified atom stereocenters. The van der Waals surface area contributed by atoms with Crippen LogP contribution in [0.2, 0.25) is 0 Å². The molecule has 3 aliphatic heterocycles. The quantitative estimate of drug-likeness (QED) is 0.333. The molecule has 2 saturated heterocycles. The van der Waals surface area contributed by atoms with Crippen molar-refractivity contribution in [1.29, 1.82) is 0 Å². The van der Waals surface area contributed by atoms with E-state index in [4.69, 9.17) is 18.9 Å². The van der Waals surface area contributed by atoms with Crippen molar-refractivity contribution in [2.75, 3.05) is 46.8 Å². The molecule has 182 valence electrons. The molecular weight excluding hydrogens is 428 g/mol. The van der Waals surface area contributed by atoms with Crippen LogP contribution in [0.15, 0.2) is 24.0 Å². The first-order valence-electron chi connectivity index (χ1n) is 11.3. The number of benzene rings is 1. The lowest BCUT2D eigenvalue weighted by molar-refractivity contribution is -0.227. The molecule has 0 aliphatic carbocycles. The number of phenolic OH excluding ortho intramolecular Hbond substituents is 1. The zero-order valence-electron chi connectivity index (χ0n) is 19.9. The Morgan fingerprint density at radius 1 is 1.30 bits per heavy atom. The third-order valence-corrected chi connectivity index (χ3v) is 7.75. The monoisotopic (exact) mass is 462 g/mol. The van der Waals surface area contributed by atoms with Crippen LogP contribution >= 0.6 is 0 Å². The number of methoxy groups -OCH3 is 4. The van der Waals surface area contributed by atoms with Crippen LogP contribution in [0.3, 0.4) is 0 Å². The number of aromatic hydroxyl groups is 1. The molecule has 0 spiro atoms. The molecule has 9 heteroatoms. The summed E-state index contributed by atoms with van der Waals surface area (Å²) in [6, 6.07) is 2.82. The van der Waals surface area contributed by atoms with Crippen LogP contribution in [0.1, 0.15) is 31.7 Å². The van der Waals surface area contributed by atoms with E-state index in [0.717, 1.165) is 13.0 Å². The van der Waals surface area contributed by atoms with Crippen molar-refractivity contribution in [3.8, 4) is 11.5 Å². The molecule has 0 saturated carbocycles. The number of fused-ring (bicyclic) bond motifs is 5. The van der Waals surface area contributed by atoms with E-state index in [1.54, 1.807) is 13.2 Å². The second-order valence-corrected chi connectivity index (χ2v) is 9.07. The van der Waals surface area contributed by atoms with Crippen LogP contribution in [0.4, 0.5) is 5.69 Å². The van der Waals surface area contributed by atoms with Crippen LogP contribution < -0.4 is 10.1 Å². The van der Waals surface area contributed by atoms with Gasteiger partial charge in [0.25, 0.3) is 0 Å². The van der Waals surface area contributed by atoms with E-state index in [-0.39, 0.29) is 23.6 Å². The second-order valence-electron chi connectivity index (χ2n) is 9.07. The zero-order chi connectivity index (χ0) is 24.0. The van der Waals surface area contributed by atoms with Crippen molar-refractivity contribution in [2.45, 2.75) is 43.6 Å². The Hall–Kier alpha value is -2.49. The Labute approximate surface area is 194 Å². The fourth-order valence-electron chi connectivity index (χ4n) is 6.24. The number of ether oxygens (including phenoxy) is 4. The first-order chi connectivity index (χ1) is 15.8. The molecule has 3 N–H and O–H groups in total. The molecule has 1 aromatic carbocycles. The van der Waals surface area contributed by atoms with Crippen LogP contribution in [-0.4, -0.2) is 74.4 Å². The first kappa shape index (κ1) is 23.7. The fourth-order valence-corrected chi connectivity index (χ4v) is 6.24. The number of aliphatic hydroxyl groups is 1. The summed E-state index contributed by atoms with van der Waals surface area (Å²) in [6.45, 7) is 3.51. The van der Waals surface area contributed by atoms with Crippen molar-refractivity contribution in [2.24, 2.45) is 11.8 Å². The summed E-state index contributed by atoms with van der Waals surface area (Å²) in [5.74, 6) is 0.0938. The minimum Gasteiger partial charge on any atom is -0.508 e. The van der Waals surface area contributed by atoms with E-state index in [9.17, 15) is 15.0 Å². The van der Waals surface area contributed by atoms with E-state index < -0.39 is 17.3 Å². The lowest BCUT2D eigenvalue weighted by Gasteiger charge is -2.58. The highest BCUT2D eigenvalue weighted by molar-refractivity contribution is 5.88.